The lowest BCUT2D eigenvalue weighted by Crippen LogP contribution is -2.45. The van der Waals surface area contributed by atoms with E-state index in [0.29, 0.717) is 6.42 Å². The topological polar surface area (TPSA) is 89.8 Å². The molecule has 5 heteroatoms. The van der Waals surface area contributed by atoms with Crippen LogP contribution >= 0.6 is 0 Å². The largest absolute Gasteiger partial charge is 0.394 e. The molecule has 0 saturated heterocycles. The first kappa shape index (κ1) is 55.8. The second-order valence-electron chi connectivity index (χ2n) is 17.8. The molecule has 0 spiro atoms. The molecule has 338 valence electrons. The Hall–Kier alpha value is -1.17. The number of aliphatic hydroxyl groups is 3. The highest BCUT2D eigenvalue weighted by Gasteiger charge is 2.20. The van der Waals surface area contributed by atoms with Crippen molar-refractivity contribution in [1.29, 1.82) is 0 Å². The summed E-state index contributed by atoms with van der Waals surface area (Å²) in [5.41, 5.74) is 0. The predicted molar refractivity (Wildman–Crippen MR) is 250 cm³/mol. The van der Waals surface area contributed by atoms with Crippen molar-refractivity contribution in [2.75, 3.05) is 6.61 Å². The minimum atomic E-state index is -0.930. The molecular formula is C52H101NO4. The highest BCUT2D eigenvalue weighted by atomic mass is 16.3. The number of aliphatic hydroxyl groups excluding tert-OH is 3. The van der Waals surface area contributed by atoms with Crippen LogP contribution in [0.1, 0.15) is 277 Å². The molecule has 0 rings (SSSR count). The van der Waals surface area contributed by atoms with Crippen LogP contribution in [-0.2, 0) is 4.79 Å². The van der Waals surface area contributed by atoms with Crippen molar-refractivity contribution < 1.29 is 20.1 Å². The van der Waals surface area contributed by atoms with E-state index in [1.54, 1.807) is 6.08 Å². The quantitative estimate of drug-likeness (QED) is 0.0364. The van der Waals surface area contributed by atoms with Gasteiger partial charge >= 0.3 is 0 Å². The van der Waals surface area contributed by atoms with Gasteiger partial charge in [-0.1, -0.05) is 250 Å². The van der Waals surface area contributed by atoms with Crippen LogP contribution in [0.15, 0.2) is 24.3 Å². The number of carbonyl (C=O) groups is 1. The molecule has 57 heavy (non-hydrogen) atoms. The summed E-state index contributed by atoms with van der Waals surface area (Å²) in [6.07, 6.45) is 59.2. The Labute approximate surface area is 356 Å². The van der Waals surface area contributed by atoms with Crippen molar-refractivity contribution in [1.82, 2.24) is 5.32 Å². The summed E-state index contributed by atoms with van der Waals surface area (Å²) in [6.45, 7) is 4.23. The van der Waals surface area contributed by atoms with Gasteiger partial charge in [-0.3, -0.25) is 4.79 Å². The average Bonchev–Trinajstić information content (AvgIpc) is 3.20. The van der Waals surface area contributed by atoms with Crippen LogP contribution in [0, 0.1) is 0 Å². The van der Waals surface area contributed by atoms with E-state index in [1.165, 1.54) is 212 Å². The van der Waals surface area contributed by atoms with E-state index in [1.807, 2.05) is 6.08 Å². The van der Waals surface area contributed by atoms with Gasteiger partial charge in [-0.05, 0) is 44.9 Å². The Kier molecular flexibility index (Phi) is 46.5. The average molecular weight is 804 g/mol. The Bertz CT molecular complexity index is 844. The van der Waals surface area contributed by atoms with Gasteiger partial charge in [-0.15, -0.1) is 0 Å². The second-order valence-corrected chi connectivity index (χ2v) is 17.8. The number of unbranched alkanes of at least 4 members (excludes halogenated alkanes) is 36. The van der Waals surface area contributed by atoms with Gasteiger partial charge in [0.25, 0.3) is 0 Å². The molecule has 0 bridgehead atoms. The maximum Gasteiger partial charge on any atom is 0.222 e. The molecular weight excluding hydrogens is 703 g/mol. The van der Waals surface area contributed by atoms with Gasteiger partial charge in [0.2, 0.25) is 5.91 Å². The van der Waals surface area contributed by atoms with Gasteiger partial charge in [0.15, 0.2) is 0 Å². The Morgan fingerprint density at radius 3 is 1.07 bits per heavy atom. The summed E-state index contributed by atoms with van der Waals surface area (Å²) >= 11 is 0. The zero-order chi connectivity index (χ0) is 41.5. The number of nitrogens with one attached hydrogen (secondary N) is 1. The zero-order valence-corrected chi connectivity index (χ0v) is 38.5. The van der Waals surface area contributed by atoms with E-state index in [2.05, 4.69) is 31.3 Å². The van der Waals surface area contributed by atoms with E-state index in [4.69, 9.17) is 0 Å². The second kappa shape index (κ2) is 47.5. The van der Waals surface area contributed by atoms with Gasteiger partial charge in [0, 0.05) is 0 Å². The molecule has 0 aliphatic carbocycles. The minimum absolute atomic E-state index is 0.0100. The minimum Gasteiger partial charge on any atom is -0.394 e. The van der Waals surface area contributed by atoms with Crippen LogP contribution in [0.3, 0.4) is 0 Å². The molecule has 0 heterocycles. The van der Waals surface area contributed by atoms with E-state index >= 15 is 0 Å². The third-order valence-corrected chi connectivity index (χ3v) is 12.0. The van der Waals surface area contributed by atoms with Crippen molar-refractivity contribution in [2.24, 2.45) is 0 Å². The van der Waals surface area contributed by atoms with Crippen molar-refractivity contribution in [3.8, 4) is 0 Å². The molecule has 1 amide bonds. The maximum atomic E-state index is 12.5. The summed E-state index contributed by atoms with van der Waals surface area (Å²) < 4.78 is 0. The number of amides is 1. The van der Waals surface area contributed by atoms with Crippen molar-refractivity contribution >= 4 is 5.91 Å². The molecule has 3 atom stereocenters. The summed E-state index contributed by atoms with van der Waals surface area (Å²) in [4.78, 5) is 12.5. The summed E-state index contributed by atoms with van der Waals surface area (Å²) in [5, 5.41) is 33.4. The highest BCUT2D eigenvalue weighted by molar-refractivity contribution is 5.76. The number of hydrogen-bond acceptors (Lipinski definition) is 4. The van der Waals surface area contributed by atoms with Crippen LogP contribution in [-0.4, -0.2) is 46.1 Å². The molecule has 5 nitrogen and oxygen atoms in total. The van der Waals surface area contributed by atoms with Gasteiger partial charge in [-0.2, -0.15) is 0 Å². The SMILES string of the molecule is CCCCCCCCCC/C=C\CCCCCCCC(O)CC(=O)NC(CO)C(O)/C=C/CCCCCCCCCCCCCCCCCCCCCCCCC. The fraction of sp³-hybridized carbons (Fsp3) is 0.904. The lowest BCUT2D eigenvalue weighted by Gasteiger charge is -2.21. The molecule has 0 fully saturated rings. The standard InChI is InChI=1S/C52H101NO4/c1-3-5-7-9-11-13-15-17-19-21-22-23-24-25-26-27-28-30-32-34-36-38-40-42-44-46-51(56)50(48-54)53-52(57)47-49(55)45-43-41-39-37-35-33-31-29-20-18-16-14-12-10-8-6-4-2/h29,31,44,46,49-51,54-56H,3-28,30,32-43,45,47-48H2,1-2H3,(H,53,57)/b31-29-,46-44+. The third-order valence-electron chi connectivity index (χ3n) is 12.0. The molecule has 0 aliphatic heterocycles. The van der Waals surface area contributed by atoms with Crippen LogP contribution < -0.4 is 5.32 Å². The summed E-state index contributed by atoms with van der Waals surface area (Å²) in [7, 11) is 0. The van der Waals surface area contributed by atoms with E-state index in [0.717, 1.165) is 38.5 Å². The molecule has 0 aliphatic rings. The first-order valence-electron chi connectivity index (χ1n) is 25.6. The van der Waals surface area contributed by atoms with Crippen molar-refractivity contribution in [3.63, 3.8) is 0 Å². The highest BCUT2D eigenvalue weighted by Crippen LogP contribution is 2.17. The third kappa shape index (κ3) is 44.2. The van der Waals surface area contributed by atoms with E-state index in [-0.39, 0.29) is 18.9 Å². The number of hydrogen-bond donors (Lipinski definition) is 4. The monoisotopic (exact) mass is 804 g/mol. The van der Waals surface area contributed by atoms with Crippen LogP contribution in [0.5, 0.6) is 0 Å². The van der Waals surface area contributed by atoms with Crippen LogP contribution in [0.4, 0.5) is 0 Å². The summed E-state index contributed by atoms with van der Waals surface area (Å²) in [6, 6.07) is -0.746. The van der Waals surface area contributed by atoms with E-state index < -0.39 is 18.2 Å². The Balaban J connectivity index is 3.59. The molecule has 0 aromatic heterocycles. The van der Waals surface area contributed by atoms with Crippen molar-refractivity contribution in [2.45, 2.75) is 295 Å². The number of carbonyl (C=O) groups excluding carboxylic acids is 1. The predicted octanol–water partition coefficient (Wildman–Crippen LogP) is 15.3. The van der Waals surface area contributed by atoms with Gasteiger partial charge in [0.1, 0.15) is 0 Å². The Morgan fingerprint density at radius 2 is 0.737 bits per heavy atom. The smallest absolute Gasteiger partial charge is 0.222 e. The molecule has 0 aromatic carbocycles. The fourth-order valence-electron chi connectivity index (χ4n) is 8.04. The molecule has 4 N–H and O–H groups in total. The van der Waals surface area contributed by atoms with Gasteiger partial charge in [-0.25, -0.2) is 0 Å². The first-order valence-corrected chi connectivity index (χ1v) is 25.6. The van der Waals surface area contributed by atoms with Crippen LogP contribution in [0.25, 0.3) is 0 Å². The van der Waals surface area contributed by atoms with Gasteiger partial charge in [0.05, 0.1) is 31.3 Å². The number of allylic oxidation sites excluding steroid dienone is 3. The summed E-state index contributed by atoms with van der Waals surface area (Å²) in [5.74, 6) is -0.317. The normalized spacial score (nSPS) is 13.6. The lowest BCUT2D eigenvalue weighted by atomic mass is 10.0. The lowest BCUT2D eigenvalue weighted by molar-refractivity contribution is -0.124. The van der Waals surface area contributed by atoms with Crippen molar-refractivity contribution in [3.05, 3.63) is 24.3 Å². The molecule has 0 radical (unpaired) electrons. The van der Waals surface area contributed by atoms with Crippen LogP contribution in [0.2, 0.25) is 0 Å². The fourth-order valence-corrected chi connectivity index (χ4v) is 8.04. The maximum absolute atomic E-state index is 12.5. The Morgan fingerprint density at radius 1 is 0.439 bits per heavy atom. The number of rotatable bonds is 47. The van der Waals surface area contributed by atoms with E-state index in [9.17, 15) is 20.1 Å². The first-order chi connectivity index (χ1) is 28.0. The molecule has 3 unspecified atom stereocenters. The zero-order valence-electron chi connectivity index (χ0n) is 38.5. The molecule has 0 saturated carbocycles. The van der Waals surface area contributed by atoms with Gasteiger partial charge < -0.3 is 20.6 Å². The molecule has 0 aromatic rings.